The Bertz CT molecular complexity index is 1040. The van der Waals surface area contributed by atoms with E-state index in [4.69, 9.17) is 18.5 Å². The van der Waals surface area contributed by atoms with Crippen molar-refractivity contribution in [2.24, 2.45) is 0 Å². The molecule has 0 aliphatic rings. The first-order valence-corrected chi connectivity index (χ1v) is 22.6. The van der Waals surface area contributed by atoms with Gasteiger partial charge in [-0.2, -0.15) is 0 Å². The fourth-order valence-electron chi connectivity index (χ4n) is 5.58. The van der Waals surface area contributed by atoms with E-state index < -0.39 is 58.4 Å². The second-order valence-electron chi connectivity index (χ2n) is 13.9. The highest BCUT2D eigenvalue weighted by molar-refractivity contribution is 7.47. The third-order valence-corrected chi connectivity index (χ3v) is 9.76. The minimum atomic E-state index is -4.63. The van der Waals surface area contributed by atoms with Gasteiger partial charge in [-0.15, -0.1) is 0 Å². The second kappa shape index (κ2) is 39.2. The number of phosphoric ester groups is 1. The topological polar surface area (TPSA) is 149 Å². The second-order valence-corrected chi connectivity index (χ2v) is 15.4. The lowest BCUT2D eigenvalue weighted by molar-refractivity contribution is -0.153. The van der Waals surface area contributed by atoms with Gasteiger partial charge in [0.05, 0.1) is 26.4 Å². The normalized spacial score (nSPS) is 14.4. The maximum atomic E-state index is 12.3. The van der Waals surface area contributed by atoms with Crippen molar-refractivity contribution >= 4 is 19.8 Å². The number of ether oxygens (including phenoxy) is 2. The molecule has 3 atom stereocenters. The summed E-state index contributed by atoms with van der Waals surface area (Å²) in [6.07, 6.45) is 40.9. The minimum Gasteiger partial charge on any atom is -0.457 e. The van der Waals surface area contributed by atoms with Crippen LogP contribution in [0.15, 0.2) is 48.6 Å². The molecular weight excluding hydrogens is 707 g/mol. The highest BCUT2D eigenvalue weighted by atomic mass is 31.2. The van der Waals surface area contributed by atoms with Gasteiger partial charge >= 0.3 is 19.8 Å². The smallest absolute Gasteiger partial charge is 0.457 e. The number of hydrogen-bond acceptors (Lipinski definition) is 9. The van der Waals surface area contributed by atoms with Crippen molar-refractivity contribution in [3.63, 3.8) is 0 Å². The summed E-state index contributed by atoms with van der Waals surface area (Å²) in [5, 5.41) is 19.1. The molecule has 11 heteroatoms. The Hall–Kier alpha value is -2.07. The third kappa shape index (κ3) is 36.9. The molecule has 0 saturated heterocycles. The summed E-state index contributed by atoms with van der Waals surface area (Å²) < 4.78 is 32.5. The van der Waals surface area contributed by atoms with Crippen LogP contribution < -0.4 is 0 Å². The first kappa shape index (κ1) is 51.9. The fourth-order valence-corrected chi connectivity index (χ4v) is 6.36. The lowest BCUT2D eigenvalue weighted by atomic mass is 10.1. The Balaban J connectivity index is 3.91. The molecule has 0 fully saturated rings. The third-order valence-electron chi connectivity index (χ3n) is 8.81. The molecule has 314 valence electrons. The molecule has 0 aromatic heterocycles. The Morgan fingerprint density at radius 2 is 0.870 bits per heavy atom. The van der Waals surface area contributed by atoms with Crippen LogP contribution >= 0.6 is 7.82 Å². The average Bonchev–Trinajstić information content (AvgIpc) is 3.16. The zero-order valence-electron chi connectivity index (χ0n) is 33.9. The minimum absolute atomic E-state index is 0.182. The van der Waals surface area contributed by atoms with Crippen LogP contribution in [0.4, 0.5) is 0 Å². The molecule has 0 spiro atoms. The van der Waals surface area contributed by atoms with Crippen molar-refractivity contribution < 1.29 is 47.8 Å². The number of unbranched alkanes of at least 4 members (excludes halogenated alkanes) is 17. The van der Waals surface area contributed by atoms with Crippen molar-refractivity contribution in [1.29, 1.82) is 0 Å². The summed E-state index contributed by atoms with van der Waals surface area (Å²) in [5.41, 5.74) is 0. The molecule has 0 aliphatic carbocycles. The number of allylic oxidation sites excluding steroid dienone is 8. The van der Waals surface area contributed by atoms with E-state index in [0.29, 0.717) is 12.8 Å². The van der Waals surface area contributed by atoms with Crippen LogP contribution in [-0.2, 0) is 32.7 Å². The number of phosphoric acid groups is 1. The van der Waals surface area contributed by atoms with Crippen LogP contribution in [0.5, 0.6) is 0 Å². The quantitative estimate of drug-likeness (QED) is 0.0238. The summed E-state index contributed by atoms with van der Waals surface area (Å²) in [7, 11) is -4.63. The van der Waals surface area contributed by atoms with Crippen LogP contribution in [0.3, 0.4) is 0 Å². The van der Waals surface area contributed by atoms with Crippen molar-refractivity contribution in [2.45, 2.75) is 187 Å². The Morgan fingerprint density at radius 3 is 1.26 bits per heavy atom. The summed E-state index contributed by atoms with van der Waals surface area (Å²) in [6.45, 7) is 2.06. The molecule has 0 rings (SSSR count). The van der Waals surface area contributed by atoms with Gasteiger partial charge in [-0.25, -0.2) is 4.57 Å². The zero-order chi connectivity index (χ0) is 39.8. The molecule has 0 saturated carbocycles. The van der Waals surface area contributed by atoms with Crippen LogP contribution in [0.1, 0.15) is 174 Å². The molecule has 0 aliphatic heterocycles. The molecular formula is C43H77O10P. The van der Waals surface area contributed by atoms with E-state index in [9.17, 15) is 29.3 Å². The molecule has 0 heterocycles. The average molecular weight is 785 g/mol. The highest BCUT2D eigenvalue weighted by Gasteiger charge is 2.27. The van der Waals surface area contributed by atoms with Crippen molar-refractivity contribution in [3.8, 4) is 0 Å². The van der Waals surface area contributed by atoms with E-state index >= 15 is 0 Å². The highest BCUT2D eigenvalue weighted by Crippen LogP contribution is 2.43. The largest absolute Gasteiger partial charge is 0.472 e. The fraction of sp³-hybridized carbons (Fsp3) is 0.767. The number of carbonyl (C=O) groups is 2. The van der Waals surface area contributed by atoms with Crippen LogP contribution in [0.25, 0.3) is 0 Å². The lowest BCUT2D eigenvalue weighted by Gasteiger charge is -2.20. The van der Waals surface area contributed by atoms with Gasteiger partial charge in [0.1, 0.15) is 12.2 Å². The summed E-state index contributed by atoms with van der Waals surface area (Å²) in [4.78, 5) is 34.4. The molecule has 0 bridgehead atoms. The number of rotatable bonds is 39. The molecule has 0 radical (unpaired) electrons. The first-order valence-electron chi connectivity index (χ1n) is 21.1. The van der Waals surface area contributed by atoms with Crippen LogP contribution in [0, 0.1) is 0 Å². The molecule has 3 N–H and O–H groups in total. The Kier molecular flexibility index (Phi) is 37.7. The molecule has 0 aromatic rings. The SMILES string of the molecule is CC/C=C\C/C=C\C/C=C\C/C=C\CCCCCCCCCCC(=O)OC(CO)COP(=O)(O)OCC(CO)OC(=O)CCCCCCCCCCCC. The van der Waals surface area contributed by atoms with Gasteiger partial charge < -0.3 is 24.6 Å². The van der Waals surface area contributed by atoms with E-state index in [0.717, 1.165) is 70.6 Å². The maximum Gasteiger partial charge on any atom is 0.472 e. The van der Waals surface area contributed by atoms with Gasteiger partial charge in [-0.1, -0.05) is 159 Å². The van der Waals surface area contributed by atoms with Gasteiger partial charge in [-0.05, 0) is 51.4 Å². The molecule has 3 unspecified atom stereocenters. The zero-order valence-corrected chi connectivity index (χ0v) is 34.8. The van der Waals surface area contributed by atoms with Crippen molar-refractivity contribution in [1.82, 2.24) is 0 Å². The number of carbonyl (C=O) groups excluding carboxylic acids is 2. The van der Waals surface area contributed by atoms with Gasteiger partial charge in [0.15, 0.2) is 0 Å². The van der Waals surface area contributed by atoms with E-state index in [2.05, 4.69) is 62.5 Å². The first-order chi connectivity index (χ1) is 26.3. The van der Waals surface area contributed by atoms with E-state index in [1.54, 1.807) is 0 Å². The Labute approximate surface area is 328 Å². The summed E-state index contributed by atoms with van der Waals surface area (Å²) in [5.74, 6) is -1.03. The number of hydrogen-bond donors (Lipinski definition) is 3. The van der Waals surface area contributed by atoms with Gasteiger partial charge in [0.2, 0.25) is 0 Å². The van der Waals surface area contributed by atoms with E-state index in [-0.39, 0.29) is 12.8 Å². The lowest BCUT2D eigenvalue weighted by Crippen LogP contribution is -2.28. The molecule has 0 aromatic carbocycles. The Morgan fingerprint density at radius 1 is 0.519 bits per heavy atom. The standard InChI is InChI=1S/C43H77O10P/c1-3-5-7-9-11-13-15-16-17-18-19-20-21-22-23-24-25-27-29-31-33-35-43(47)53-41(37-45)39-51-54(48,49)50-38-40(36-44)52-42(46)34-32-30-28-26-14-12-10-8-6-4-2/h5,7,11,13,16-17,19-20,40-41,44-45H,3-4,6,8-10,12,14-15,18,21-39H2,1-2H3,(H,48,49)/b7-5-,13-11-,17-16-,20-19-. The van der Waals surface area contributed by atoms with Crippen molar-refractivity contribution in [2.75, 3.05) is 26.4 Å². The monoisotopic (exact) mass is 785 g/mol. The number of esters is 2. The molecule has 54 heavy (non-hydrogen) atoms. The number of aliphatic hydroxyl groups excluding tert-OH is 2. The van der Waals surface area contributed by atoms with Gasteiger partial charge in [-0.3, -0.25) is 18.6 Å². The van der Waals surface area contributed by atoms with Gasteiger partial charge in [0.25, 0.3) is 0 Å². The molecule has 0 amide bonds. The molecule has 10 nitrogen and oxygen atoms in total. The van der Waals surface area contributed by atoms with Gasteiger partial charge in [0, 0.05) is 12.8 Å². The van der Waals surface area contributed by atoms with E-state index in [1.807, 2.05) is 0 Å². The van der Waals surface area contributed by atoms with Crippen LogP contribution in [-0.4, -0.2) is 65.7 Å². The summed E-state index contributed by atoms with van der Waals surface area (Å²) >= 11 is 0. The maximum absolute atomic E-state index is 12.3. The van der Waals surface area contributed by atoms with E-state index in [1.165, 1.54) is 64.2 Å². The predicted molar refractivity (Wildman–Crippen MR) is 219 cm³/mol. The number of aliphatic hydroxyl groups is 2. The van der Waals surface area contributed by atoms with Crippen molar-refractivity contribution in [3.05, 3.63) is 48.6 Å². The van der Waals surface area contributed by atoms with Crippen LogP contribution in [0.2, 0.25) is 0 Å². The summed E-state index contributed by atoms with van der Waals surface area (Å²) in [6, 6.07) is 0. The predicted octanol–water partition coefficient (Wildman–Crippen LogP) is 10.9.